The summed E-state index contributed by atoms with van der Waals surface area (Å²) in [5.74, 6) is 2.80. The van der Waals surface area contributed by atoms with Gasteiger partial charge in [0.05, 0.1) is 12.1 Å². The molecule has 0 aromatic carbocycles. The van der Waals surface area contributed by atoms with Crippen molar-refractivity contribution < 1.29 is 9.63 Å². The highest BCUT2D eigenvalue weighted by Gasteiger charge is 2.31. The molecule has 2 aliphatic rings. The molecule has 4 unspecified atom stereocenters. The molecule has 0 spiro atoms. The Balaban J connectivity index is 1.66. The van der Waals surface area contributed by atoms with Crippen LogP contribution in [0.3, 0.4) is 0 Å². The van der Waals surface area contributed by atoms with E-state index in [2.05, 4.69) is 22.4 Å². The maximum Gasteiger partial charge on any atom is 0.243 e. The molecule has 0 amide bonds. The summed E-state index contributed by atoms with van der Waals surface area (Å²) in [6.45, 7) is 2.86. The molecule has 3 rings (SSSR count). The highest BCUT2D eigenvalue weighted by atomic mass is 16.5. The van der Waals surface area contributed by atoms with Crippen molar-refractivity contribution in [2.24, 2.45) is 5.92 Å². The summed E-state index contributed by atoms with van der Waals surface area (Å²) in [7, 11) is 0. The molecule has 1 aliphatic carbocycles. The van der Waals surface area contributed by atoms with Crippen LogP contribution in [0.25, 0.3) is 0 Å². The van der Waals surface area contributed by atoms with Gasteiger partial charge in [-0.05, 0) is 31.6 Å². The van der Waals surface area contributed by atoms with Gasteiger partial charge in [-0.15, -0.1) is 0 Å². The Morgan fingerprint density at radius 3 is 2.94 bits per heavy atom. The molecule has 5 nitrogen and oxygen atoms in total. The first kappa shape index (κ1) is 12.1. The predicted octanol–water partition coefficient (Wildman–Crippen LogP) is 1.76. The highest BCUT2D eigenvalue weighted by molar-refractivity contribution is 5.03. The van der Waals surface area contributed by atoms with Gasteiger partial charge in [0.25, 0.3) is 0 Å². The minimum atomic E-state index is -0.290. The van der Waals surface area contributed by atoms with Gasteiger partial charge in [-0.2, -0.15) is 4.98 Å². The van der Waals surface area contributed by atoms with Gasteiger partial charge in [0.2, 0.25) is 5.89 Å². The second kappa shape index (κ2) is 4.97. The van der Waals surface area contributed by atoms with Crippen LogP contribution in [0.1, 0.15) is 62.7 Å². The van der Waals surface area contributed by atoms with Crippen LogP contribution in [0.4, 0.5) is 0 Å². The smallest absolute Gasteiger partial charge is 0.243 e. The molecule has 4 atom stereocenters. The quantitative estimate of drug-likeness (QED) is 0.856. The fourth-order valence-corrected chi connectivity index (χ4v) is 3.14. The lowest BCUT2D eigenvalue weighted by atomic mass is 10.0. The number of hydrogen-bond acceptors (Lipinski definition) is 5. The van der Waals surface area contributed by atoms with Crippen molar-refractivity contribution in [1.29, 1.82) is 0 Å². The predicted molar refractivity (Wildman–Crippen MR) is 66.0 cm³/mol. The van der Waals surface area contributed by atoms with Crippen molar-refractivity contribution in [3.8, 4) is 0 Å². The molecule has 2 fully saturated rings. The number of aliphatic hydroxyl groups is 1. The second-order valence-electron chi connectivity index (χ2n) is 5.63. The molecule has 1 saturated heterocycles. The standard InChI is InChI=1S/C13H21N3O2/c1-2-8-3-4-9(5-8)12-15-13(18-16-12)11-6-10(17)7-14-11/h8-11,14,17H,2-7H2,1H3. The van der Waals surface area contributed by atoms with E-state index in [1.807, 2.05) is 0 Å². The van der Waals surface area contributed by atoms with Crippen LogP contribution in [-0.4, -0.2) is 27.9 Å². The average molecular weight is 251 g/mol. The molecular weight excluding hydrogens is 230 g/mol. The van der Waals surface area contributed by atoms with Crippen LogP contribution < -0.4 is 5.32 Å². The molecule has 1 saturated carbocycles. The van der Waals surface area contributed by atoms with Crippen molar-refractivity contribution >= 4 is 0 Å². The largest absolute Gasteiger partial charge is 0.392 e. The number of aromatic nitrogens is 2. The Kier molecular flexibility index (Phi) is 3.35. The van der Waals surface area contributed by atoms with Crippen LogP contribution in [0, 0.1) is 5.92 Å². The third kappa shape index (κ3) is 2.29. The van der Waals surface area contributed by atoms with E-state index in [0.29, 0.717) is 24.8 Å². The van der Waals surface area contributed by atoms with E-state index >= 15 is 0 Å². The zero-order valence-corrected chi connectivity index (χ0v) is 10.8. The van der Waals surface area contributed by atoms with Crippen molar-refractivity contribution in [3.05, 3.63) is 11.7 Å². The van der Waals surface area contributed by atoms with Crippen molar-refractivity contribution in [3.63, 3.8) is 0 Å². The van der Waals surface area contributed by atoms with Crippen LogP contribution in [0.15, 0.2) is 4.52 Å². The summed E-state index contributed by atoms with van der Waals surface area (Å²) in [5, 5.41) is 16.8. The summed E-state index contributed by atoms with van der Waals surface area (Å²) in [6, 6.07) is 0.0321. The average Bonchev–Trinajstić information content (AvgIpc) is 3.07. The third-order valence-electron chi connectivity index (χ3n) is 4.35. The zero-order valence-electron chi connectivity index (χ0n) is 10.8. The fourth-order valence-electron chi connectivity index (χ4n) is 3.14. The molecule has 1 aliphatic heterocycles. The Hall–Kier alpha value is -0.940. The molecule has 100 valence electrons. The third-order valence-corrected chi connectivity index (χ3v) is 4.35. The monoisotopic (exact) mass is 251 g/mol. The van der Waals surface area contributed by atoms with E-state index in [0.717, 1.165) is 11.7 Å². The molecule has 1 aromatic rings. The first-order valence-electron chi connectivity index (χ1n) is 7.01. The lowest BCUT2D eigenvalue weighted by Gasteiger charge is -2.05. The van der Waals surface area contributed by atoms with Crippen molar-refractivity contribution in [1.82, 2.24) is 15.5 Å². The number of hydrogen-bond donors (Lipinski definition) is 2. The van der Waals surface area contributed by atoms with E-state index in [4.69, 9.17) is 4.52 Å². The summed E-state index contributed by atoms with van der Waals surface area (Å²) < 4.78 is 5.34. The van der Waals surface area contributed by atoms with Gasteiger partial charge >= 0.3 is 0 Å². The lowest BCUT2D eigenvalue weighted by Crippen LogP contribution is -2.15. The Morgan fingerprint density at radius 2 is 2.28 bits per heavy atom. The van der Waals surface area contributed by atoms with E-state index in [9.17, 15) is 5.11 Å². The number of β-amino-alcohol motifs (C(OH)–C–C–N with tert-alkyl or cyclic N) is 1. The maximum atomic E-state index is 9.49. The number of nitrogens with one attached hydrogen (secondary N) is 1. The van der Waals surface area contributed by atoms with E-state index in [1.165, 1.54) is 25.7 Å². The van der Waals surface area contributed by atoms with Gasteiger partial charge in [0.1, 0.15) is 0 Å². The topological polar surface area (TPSA) is 71.2 Å². The SMILES string of the molecule is CCC1CCC(c2noc(C3CC(O)CN3)n2)C1. The lowest BCUT2D eigenvalue weighted by molar-refractivity contribution is 0.191. The summed E-state index contributed by atoms with van der Waals surface area (Å²) in [4.78, 5) is 4.53. The first-order chi connectivity index (χ1) is 8.76. The molecule has 5 heteroatoms. The highest BCUT2D eigenvalue weighted by Crippen LogP contribution is 2.38. The molecule has 2 N–H and O–H groups in total. The van der Waals surface area contributed by atoms with E-state index in [1.54, 1.807) is 0 Å². The maximum absolute atomic E-state index is 9.49. The Labute approximate surface area is 107 Å². The normalized spacial score (nSPS) is 36.3. The minimum Gasteiger partial charge on any atom is -0.392 e. The number of aliphatic hydroxyl groups excluding tert-OH is 1. The van der Waals surface area contributed by atoms with Crippen molar-refractivity contribution in [2.45, 2.75) is 57.1 Å². The van der Waals surface area contributed by atoms with Crippen LogP contribution in [0.5, 0.6) is 0 Å². The summed E-state index contributed by atoms with van der Waals surface area (Å²) in [6.07, 6.45) is 5.28. The van der Waals surface area contributed by atoms with Crippen molar-refractivity contribution in [2.75, 3.05) is 6.54 Å². The van der Waals surface area contributed by atoms with E-state index < -0.39 is 0 Å². The van der Waals surface area contributed by atoms with Gasteiger partial charge in [0.15, 0.2) is 5.82 Å². The Morgan fingerprint density at radius 1 is 1.39 bits per heavy atom. The van der Waals surface area contributed by atoms with Gasteiger partial charge < -0.3 is 14.9 Å². The van der Waals surface area contributed by atoms with E-state index in [-0.39, 0.29) is 12.1 Å². The molecule has 1 aromatic heterocycles. The first-order valence-corrected chi connectivity index (χ1v) is 7.01. The van der Waals surface area contributed by atoms with Crippen LogP contribution >= 0.6 is 0 Å². The fraction of sp³-hybridized carbons (Fsp3) is 0.846. The van der Waals surface area contributed by atoms with Crippen LogP contribution in [0.2, 0.25) is 0 Å². The number of nitrogens with zero attached hydrogens (tertiary/aromatic N) is 2. The second-order valence-corrected chi connectivity index (χ2v) is 5.63. The van der Waals surface area contributed by atoms with Crippen LogP contribution in [-0.2, 0) is 0 Å². The zero-order chi connectivity index (χ0) is 12.5. The number of rotatable bonds is 3. The molecule has 2 heterocycles. The van der Waals surface area contributed by atoms with Gasteiger partial charge in [-0.25, -0.2) is 0 Å². The van der Waals surface area contributed by atoms with Gasteiger partial charge in [-0.3, -0.25) is 0 Å². The molecule has 0 bridgehead atoms. The molecule has 0 radical (unpaired) electrons. The van der Waals surface area contributed by atoms with Gasteiger partial charge in [-0.1, -0.05) is 18.5 Å². The summed E-state index contributed by atoms with van der Waals surface area (Å²) in [5.41, 5.74) is 0. The molecular formula is C13H21N3O2. The Bertz CT molecular complexity index is 407. The minimum absolute atomic E-state index is 0.0321. The summed E-state index contributed by atoms with van der Waals surface area (Å²) >= 11 is 0. The molecule has 18 heavy (non-hydrogen) atoms. The van der Waals surface area contributed by atoms with Gasteiger partial charge in [0, 0.05) is 12.5 Å².